The van der Waals surface area contributed by atoms with E-state index in [4.69, 9.17) is 23.2 Å². The highest BCUT2D eigenvalue weighted by Gasteiger charge is 2.12. The van der Waals surface area contributed by atoms with Gasteiger partial charge in [0.05, 0.1) is 6.33 Å². The minimum Gasteiger partial charge on any atom is -0.337 e. The summed E-state index contributed by atoms with van der Waals surface area (Å²) in [4.78, 5) is 4.15. The highest BCUT2D eigenvalue weighted by molar-refractivity contribution is 6.35. The second kappa shape index (κ2) is 8.36. The fourth-order valence-corrected chi connectivity index (χ4v) is 3.49. The fourth-order valence-electron chi connectivity index (χ4n) is 2.98. The number of nitrogens with zero attached hydrogens (tertiary/aromatic N) is 2. The highest BCUT2D eigenvalue weighted by atomic mass is 35.5. The van der Waals surface area contributed by atoms with E-state index in [1.165, 1.54) is 5.56 Å². The molecule has 0 radical (unpaired) electrons. The molecule has 0 N–H and O–H groups in total. The van der Waals surface area contributed by atoms with Crippen LogP contribution in [0.4, 0.5) is 0 Å². The SMILES string of the molecule is Clc1ccc(CCC(Cc2ccccc2)Cn2ccnc2)c(Cl)c1. The van der Waals surface area contributed by atoms with Crippen LogP contribution in [-0.4, -0.2) is 9.55 Å². The molecule has 1 aromatic heterocycles. The maximum Gasteiger partial charge on any atom is 0.0945 e. The van der Waals surface area contributed by atoms with Gasteiger partial charge in [0.2, 0.25) is 0 Å². The zero-order chi connectivity index (χ0) is 16.8. The van der Waals surface area contributed by atoms with E-state index in [1.54, 1.807) is 0 Å². The highest BCUT2D eigenvalue weighted by Crippen LogP contribution is 2.24. The van der Waals surface area contributed by atoms with E-state index in [9.17, 15) is 0 Å². The van der Waals surface area contributed by atoms with Crippen LogP contribution in [0.2, 0.25) is 10.0 Å². The Morgan fingerprint density at radius 2 is 1.88 bits per heavy atom. The van der Waals surface area contributed by atoms with Gasteiger partial charge in [0.15, 0.2) is 0 Å². The second-order valence-electron chi connectivity index (χ2n) is 6.09. The standard InChI is InChI=1S/C20H20Cl2N2/c21-19-9-8-18(20(22)13-19)7-6-17(14-24-11-10-23-15-24)12-16-4-2-1-3-5-16/h1-5,8-11,13,15,17H,6-7,12,14H2. The Morgan fingerprint density at radius 1 is 1.04 bits per heavy atom. The van der Waals surface area contributed by atoms with Crippen molar-refractivity contribution in [2.75, 3.05) is 0 Å². The number of hydrogen-bond donors (Lipinski definition) is 0. The van der Waals surface area contributed by atoms with Crippen LogP contribution in [0.5, 0.6) is 0 Å². The summed E-state index contributed by atoms with van der Waals surface area (Å²) in [6.45, 7) is 0.958. The predicted octanol–water partition coefficient (Wildman–Crippen LogP) is 5.68. The summed E-state index contributed by atoms with van der Waals surface area (Å²) in [5.41, 5.74) is 2.52. The van der Waals surface area contributed by atoms with Crippen LogP contribution in [-0.2, 0) is 19.4 Å². The van der Waals surface area contributed by atoms with E-state index >= 15 is 0 Å². The van der Waals surface area contributed by atoms with E-state index in [0.29, 0.717) is 10.9 Å². The molecule has 24 heavy (non-hydrogen) atoms. The smallest absolute Gasteiger partial charge is 0.0945 e. The maximum absolute atomic E-state index is 6.32. The Balaban J connectivity index is 1.69. The maximum atomic E-state index is 6.32. The Hall–Kier alpha value is -1.77. The summed E-state index contributed by atoms with van der Waals surface area (Å²) < 4.78 is 2.15. The van der Waals surface area contributed by atoms with Gasteiger partial charge in [0, 0.05) is 29.0 Å². The monoisotopic (exact) mass is 358 g/mol. The lowest BCUT2D eigenvalue weighted by atomic mass is 9.92. The largest absolute Gasteiger partial charge is 0.337 e. The first-order valence-electron chi connectivity index (χ1n) is 8.14. The molecule has 0 saturated heterocycles. The molecule has 1 heterocycles. The molecular formula is C20H20Cl2N2. The zero-order valence-corrected chi connectivity index (χ0v) is 14.9. The van der Waals surface area contributed by atoms with Crippen LogP contribution in [0.1, 0.15) is 17.5 Å². The third-order valence-electron chi connectivity index (χ3n) is 4.23. The van der Waals surface area contributed by atoms with Crippen LogP contribution in [0.3, 0.4) is 0 Å². The third-order valence-corrected chi connectivity index (χ3v) is 4.82. The summed E-state index contributed by atoms with van der Waals surface area (Å²) in [6.07, 6.45) is 8.79. The molecule has 4 heteroatoms. The molecule has 1 unspecified atom stereocenters. The average molecular weight is 359 g/mol. The molecule has 0 bridgehead atoms. The van der Waals surface area contributed by atoms with Crippen LogP contribution in [0.25, 0.3) is 0 Å². The van der Waals surface area contributed by atoms with Gasteiger partial charge in [0.1, 0.15) is 0 Å². The molecule has 0 saturated carbocycles. The lowest BCUT2D eigenvalue weighted by Gasteiger charge is -2.18. The van der Waals surface area contributed by atoms with E-state index < -0.39 is 0 Å². The number of rotatable bonds is 7. The molecule has 0 aliphatic rings. The van der Waals surface area contributed by atoms with Gasteiger partial charge in [-0.15, -0.1) is 0 Å². The molecule has 3 rings (SSSR count). The summed E-state index contributed by atoms with van der Waals surface area (Å²) in [7, 11) is 0. The number of hydrogen-bond acceptors (Lipinski definition) is 1. The van der Waals surface area contributed by atoms with Gasteiger partial charge < -0.3 is 4.57 Å². The van der Waals surface area contributed by atoms with Crippen molar-refractivity contribution in [3.05, 3.63) is 88.4 Å². The number of halogens is 2. The number of benzene rings is 2. The average Bonchev–Trinajstić information content (AvgIpc) is 3.08. The van der Waals surface area contributed by atoms with Crippen molar-refractivity contribution in [1.29, 1.82) is 0 Å². The van der Waals surface area contributed by atoms with Crippen LogP contribution >= 0.6 is 23.2 Å². The van der Waals surface area contributed by atoms with E-state index in [0.717, 1.165) is 36.4 Å². The minimum atomic E-state index is 0.522. The number of aryl methyl sites for hydroxylation is 1. The summed E-state index contributed by atoms with van der Waals surface area (Å²) in [6, 6.07) is 16.4. The molecule has 3 aromatic rings. The molecule has 1 atom stereocenters. The van der Waals surface area contributed by atoms with Gasteiger partial charge in [-0.1, -0.05) is 59.6 Å². The quantitative estimate of drug-likeness (QED) is 0.531. The molecule has 0 aliphatic carbocycles. The van der Waals surface area contributed by atoms with Crippen molar-refractivity contribution in [3.8, 4) is 0 Å². The van der Waals surface area contributed by atoms with Gasteiger partial charge in [0.25, 0.3) is 0 Å². The van der Waals surface area contributed by atoms with Crippen LogP contribution in [0, 0.1) is 5.92 Å². The first-order valence-corrected chi connectivity index (χ1v) is 8.90. The second-order valence-corrected chi connectivity index (χ2v) is 6.93. The normalized spacial score (nSPS) is 12.2. The molecule has 0 fully saturated rings. The van der Waals surface area contributed by atoms with Crippen molar-refractivity contribution >= 4 is 23.2 Å². The molecule has 2 nitrogen and oxygen atoms in total. The molecule has 0 amide bonds. The van der Waals surface area contributed by atoms with Crippen molar-refractivity contribution < 1.29 is 0 Å². The summed E-state index contributed by atoms with van der Waals surface area (Å²) in [5, 5.41) is 1.44. The molecule has 0 aliphatic heterocycles. The lowest BCUT2D eigenvalue weighted by Crippen LogP contribution is -2.14. The first kappa shape index (κ1) is 17.1. The first-order chi connectivity index (χ1) is 11.7. The van der Waals surface area contributed by atoms with Crippen molar-refractivity contribution in [2.45, 2.75) is 25.8 Å². The van der Waals surface area contributed by atoms with Crippen molar-refractivity contribution in [2.24, 2.45) is 5.92 Å². The Bertz CT molecular complexity index is 755. The topological polar surface area (TPSA) is 17.8 Å². The Labute approximate surface area is 153 Å². The van der Waals surface area contributed by atoms with Gasteiger partial charge in [-0.3, -0.25) is 0 Å². The summed E-state index contributed by atoms with van der Waals surface area (Å²) in [5.74, 6) is 0.522. The van der Waals surface area contributed by atoms with Crippen molar-refractivity contribution in [3.63, 3.8) is 0 Å². The zero-order valence-electron chi connectivity index (χ0n) is 13.4. The van der Waals surface area contributed by atoms with Gasteiger partial charge in [-0.2, -0.15) is 0 Å². The van der Waals surface area contributed by atoms with E-state index in [1.807, 2.05) is 36.9 Å². The molecular weight excluding hydrogens is 339 g/mol. The van der Waals surface area contributed by atoms with E-state index in [2.05, 4.69) is 39.9 Å². The molecule has 2 aromatic carbocycles. The summed E-state index contributed by atoms with van der Waals surface area (Å²) >= 11 is 12.3. The van der Waals surface area contributed by atoms with Crippen molar-refractivity contribution in [1.82, 2.24) is 9.55 Å². The van der Waals surface area contributed by atoms with Gasteiger partial charge in [-0.25, -0.2) is 4.98 Å². The van der Waals surface area contributed by atoms with Crippen LogP contribution < -0.4 is 0 Å². The Kier molecular flexibility index (Phi) is 5.95. The molecule has 124 valence electrons. The Morgan fingerprint density at radius 3 is 2.58 bits per heavy atom. The minimum absolute atomic E-state index is 0.522. The third kappa shape index (κ3) is 4.86. The fraction of sp³-hybridized carbons (Fsp3) is 0.250. The number of aromatic nitrogens is 2. The van der Waals surface area contributed by atoms with Crippen LogP contribution in [0.15, 0.2) is 67.3 Å². The van der Waals surface area contributed by atoms with Gasteiger partial charge >= 0.3 is 0 Å². The predicted molar refractivity (Wildman–Crippen MR) is 101 cm³/mol. The molecule has 0 spiro atoms. The number of imidazole rings is 1. The van der Waals surface area contributed by atoms with Gasteiger partial charge in [-0.05, 0) is 48.4 Å². The lowest BCUT2D eigenvalue weighted by molar-refractivity contribution is 0.412. The van der Waals surface area contributed by atoms with E-state index in [-0.39, 0.29) is 0 Å².